The van der Waals surface area contributed by atoms with Crippen LogP contribution in [0.3, 0.4) is 0 Å². The van der Waals surface area contributed by atoms with E-state index in [0.29, 0.717) is 0 Å². The Hall–Kier alpha value is -0.920. The zero-order chi connectivity index (χ0) is 6.10. The second-order valence-electron chi connectivity index (χ2n) is 2.46. The SMILES string of the molecule is c1cc(C2CC2)nc[nH+]1. The maximum Gasteiger partial charge on any atom is 0.284 e. The fraction of sp³-hybridized carbons (Fsp3) is 0.429. The van der Waals surface area contributed by atoms with E-state index in [1.165, 1.54) is 18.5 Å². The van der Waals surface area contributed by atoms with Gasteiger partial charge in [0, 0.05) is 12.0 Å². The highest BCUT2D eigenvalue weighted by Crippen LogP contribution is 2.38. The Balaban J connectivity index is 2.29. The van der Waals surface area contributed by atoms with Crippen molar-refractivity contribution >= 4 is 0 Å². The quantitative estimate of drug-likeness (QED) is 0.539. The number of aromatic nitrogens is 2. The van der Waals surface area contributed by atoms with Crippen molar-refractivity contribution in [3.05, 3.63) is 24.3 Å². The van der Waals surface area contributed by atoms with Crippen molar-refractivity contribution in [2.24, 2.45) is 0 Å². The minimum absolute atomic E-state index is 0.777. The zero-order valence-electron chi connectivity index (χ0n) is 5.17. The van der Waals surface area contributed by atoms with Gasteiger partial charge in [0.05, 0.1) is 6.20 Å². The molecule has 2 rings (SSSR count). The van der Waals surface area contributed by atoms with Gasteiger partial charge in [-0.05, 0) is 12.8 Å². The molecule has 1 aromatic rings. The molecule has 1 aromatic heterocycles. The van der Waals surface area contributed by atoms with E-state index in [4.69, 9.17) is 0 Å². The van der Waals surface area contributed by atoms with E-state index in [-0.39, 0.29) is 0 Å². The molecule has 1 aliphatic carbocycles. The van der Waals surface area contributed by atoms with Crippen molar-refractivity contribution < 1.29 is 4.98 Å². The Morgan fingerprint density at radius 1 is 1.56 bits per heavy atom. The minimum atomic E-state index is 0.777. The molecular formula is C7H9N2+. The Morgan fingerprint density at radius 2 is 2.44 bits per heavy atom. The van der Waals surface area contributed by atoms with Crippen molar-refractivity contribution in [3.63, 3.8) is 0 Å². The van der Waals surface area contributed by atoms with Gasteiger partial charge in [-0.1, -0.05) is 4.98 Å². The highest BCUT2D eigenvalue weighted by molar-refractivity contribution is 5.10. The van der Waals surface area contributed by atoms with Gasteiger partial charge in [-0.25, -0.2) is 0 Å². The lowest BCUT2D eigenvalue weighted by molar-refractivity contribution is -0.383. The molecule has 1 heterocycles. The Morgan fingerprint density at radius 3 is 3.00 bits per heavy atom. The maximum atomic E-state index is 4.19. The number of nitrogens with zero attached hydrogens (tertiary/aromatic N) is 1. The average Bonchev–Trinajstić information content (AvgIpc) is 2.71. The summed E-state index contributed by atoms with van der Waals surface area (Å²) in [5.41, 5.74) is 1.24. The first-order valence-electron chi connectivity index (χ1n) is 3.29. The van der Waals surface area contributed by atoms with Crippen LogP contribution in [0.15, 0.2) is 18.6 Å². The van der Waals surface area contributed by atoms with Crippen LogP contribution in [0.25, 0.3) is 0 Å². The van der Waals surface area contributed by atoms with Crippen molar-refractivity contribution in [2.75, 3.05) is 0 Å². The second-order valence-corrected chi connectivity index (χ2v) is 2.46. The van der Waals surface area contributed by atoms with E-state index in [9.17, 15) is 0 Å². The normalized spacial score (nSPS) is 17.8. The molecule has 0 radical (unpaired) electrons. The monoisotopic (exact) mass is 121 g/mol. The van der Waals surface area contributed by atoms with Gasteiger partial charge >= 0.3 is 0 Å². The van der Waals surface area contributed by atoms with Crippen LogP contribution in [0.4, 0.5) is 0 Å². The molecule has 2 nitrogen and oxygen atoms in total. The number of hydrogen-bond acceptors (Lipinski definition) is 1. The van der Waals surface area contributed by atoms with E-state index in [1.807, 2.05) is 6.20 Å². The summed E-state index contributed by atoms with van der Waals surface area (Å²) < 4.78 is 0. The first-order valence-corrected chi connectivity index (χ1v) is 3.29. The number of H-pyrrole nitrogens is 1. The zero-order valence-corrected chi connectivity index (χ0v) is 5.17. The molecule has 1 fully saturated rings. The fourth-order valence-electron chi connectivity index (χ4n) is 0.952. The van der Waals surface area contributed by atoms with E-state index >= 15 is 0 Å². The van der Waals surface area contributed by atoms with E-state index in [2.05, 4.69) is 16.0 Å². The van der Waals surface area contributed by atoms with Crippen molar-refractivity contribution in [2.45, 2.75) is 18.8 Å². The summed E-state index contributed by atoms with van der Waals surface area (Å²) in [6.45, 7) is 0. The van der Waals surface area contributed by atoms with Gasteiger partial charge in [0.2, 0.25) is 0 Å². The number of rotatable bonds is 1. The van der Waals surface area contributed by atoms with Gasteiger partial charge in [0.25, 0.3) is 6.33 Å². The van der Waals surface area contributed by atoms with E-state index in [1.54, 1.807) is 6.33 Å². The van der Waals surface area contributed by atoms with E-state index < -0.39 is 0 Å². The van der Waals surface area contributed by atoms with Crippen molar-refractivity contribution in [3.8, 4) is 0 Å². The number of hydrogen-bond donors (Lipinski definition) is 0. The molecule has 0 saturated heterocycles. The fourth-order valence-corrected chi connectivity index (χ4v) is 0.952. The average molecular weight is 121 g/mol. The minimum Gasteiger partial charge on any atom is -0.250 e. The van der Waals surface area contributed by atoms with Gasteiger partial charge in [-0.3, -0.25) is 4.98 Å². The van der Waals surface area contributed by atoms with Crippen molar-refractivity contribution in [1.29, 1.82) is 0 Å². The summed E-state index contributed by atoms with van der Waals surface area (Å²) in [6.07, 6.45) is 6.34. The van der Waals surface area contributed by atoms with Crippen LogP contribution < -0.4 is 4.98 Å². The molecule has 0 spiro atoms. The standard InChI is InChI=1S/C7H8N2/c1-2-6(1)7-3-4-8-5-9-7/h3-6H,1-2H2/p+1. The van der Waals surface area contributed by atoms with Crippen molar-refractivity contribution in [1.82, 2.24) is 4.98 Å². The topological polar surface area (TPSA) is 27.0 Å². The lowest BCUT2D eigenvalue weighted by Crippen LogP contribution is -2.01. The second kappa shape index (κ2) is 1.79. The smallest absolute Gasteiger partial charge is 0.250 e. The van der Waals surface area contributed by atoms with Crippen LogP contribution in [-0.4, -0.2) is 4.98 Å². The van der Waals surface area contributed by atoms with Crippen LogP contribution in [-0.2, 0) is 0 Å². The molecule has 0 unspecified atom stereocenters. The highest BCUT2D eigenvalue weighted by Gasteiger charge is 2.27. The van der Waals surface area contributed by atoms with Gasteiger partial charge in [-0.15, -0.1) is 0 Å². The third-order valence-corrected chi connectivity index (χ3v) is 1.63. The first kappa shape index (κ1) is 4.91. The third-order valence-electron chi connectivity index (χ3n) is 1.63. The van der Waals surface area contributed by atoms with Crippen LogP contribution >= 0.6 is 0 Å². The Labute approximate surface area is 54.0 Å². The molecule has 1 aliphatic rings. The van der Waals surface area contributed by atoms with Gasteiger partial charge in [0.1, 0.15) is 0 Å². The van der Waals surface area contributed by atoms with Crippen LogP contribution in [0, 0.1) is 0 Å². The molecule has 1 N–H and O–H groups in total. The molecule has 9 heavy (non-hydrogen) atoms. The predicted octanol–water partition coefficient (Wildman–Crippen LogP) is 0.773. The predicted molar refractivity (Wildman–Crippen MR) is 32.8 cm³/mol. The molecule has 0 aromatic carbocycles. The maximum absolute atomic E-state index is 4.19. The molecule has 46 valence electrons. The molecular weight excluding hydrogens is 112 g/mol. The van der Waals surface area contributed by atoms with Gasteiger partial charge < -0.3 is 0 Å². The Bertz CT molecular complexity index is 191. The first-order chi connectivity index (χ1) is 4.47. The van der Waals surface area contributed by atoms with E-state index in [0.717, 1.165) is 5.92 Å². The molecule has 0 amide bonds. The highest BCUT2D eigenvalue weighted by atomic mass is 14.8. The molecule has 0 aliphatic heterocycles. The number of nitrogens with one attached hydrogen (secondary N) is 1. The largest absolute Gasteiger partial charge is 0.284 e. The summed E-state index contributed by atoms with van der Waals surface area (Å²) >= 11 is 0. The summed E-state index contributed by atoms with van der Waals surface area (Å²) in [5, 5.41) is 0. The molecule has 0 bridgehead atoms. The van der Waals surface area contributed by atoms with Crippen LogP contribution in [0.2, 0.25) is 0 Å². The van der Waals surface area contributed by atoms with Gasteiger partial charge in [0.15, 0.2) is 5.69 Å². The summed E-state index contributed by atoms with van der Waals surface area (Å²) in [6, 6.07) is 2.05. The summed E-state index contributed by atoms with van der Waals surface area (Å²) in [5.74, 6) is 0.777. The molecule has 0 atom stereocenters. The third kappa shape index (κ3) is 0.922. The van der Waals surface area contributed by atoms with Crippen LogP contribution in [0.5, 0.6) is 0 Å². The molecule has 2 heteroatoms. The Kier molecular flexibility index (Phi) is 0.979. The molecule has 1 saturated carbocycles. The van der Waals surface area contributed by atoms with Gasteiger partial charge in [-0.2, -0.15) is 0 Å². The lowest BCUT2D eigenvalue weighted by Gasteiger charge is -1.82. The summed E-state index contributed by atoms with van der Waals surface area (Å²) in [7, 11) is 0. The summed E-state index contributed by atoms with van der Waals surface area (Å²) in [4.78, 5) is 7.09. The van der Waals surface area contributed by atoms with Crippen LogP contribution in [0.1, 0.15) is 24.5 Å². The number of aromatic amines is 1. The lowest BCUT2D eigenvalue weighted by atomic mass is 10.3.